The molecule has 0 saturated heterocycles. The van der Waals surface area contributed by atoms with Crippen LogP contribution in [0.4, 0.5) is 0 Å². The second kappa shape index (κ2) is 37.5. The Balaban J connectivity index is 4.60. The van der Waals surface area contributed by atoms with Crippen molar-refractivity contribution in [3.63, 3.8) is 0 Å². The van der Waals surface area contributed by atoms with Crippen LogP contribution in [0.5, 0.6) is 0 Å². The number of hydrogen-bond donors (Lipinski definition) is 4. The molecule has 0 aliphatic heterocycles. The van der Waals surface area contributed by atoms with E-state index in [0.29, 0.717) is 25.7 Å². The van der Waals surface area contributed by atoms with E-state index in [1.54, 1.807) is 6.08 Å². The number of aliphatic hydroxyl groups is 1. The molecular formula is C43H72NO11P. The lowest BCUT2D eigenvalue weighted by Gasteiger charge is -2.20. The van der Waals surface area contributed by atoms with Gasteiger partial charge in [-0.15, -0.1) is 0 Å². The van der Waals surface area contributed by atoms with Gasteiger partial charge in [0.2, 0.25) is 0 Å². The van der Waals surface area contributed by atoms with Crippen LogP contribution in [0.2, 0.25) is 0 Å². The summed E-state index contributed by atoms with van der Waals surface area (Å²) in [6.07, 6.45) is 40.1. The van der Waals surface area contributed by atoms with Gasteiger partial charge >= 0.3 is 25.7 Å². The first kappa shape index (κ1) is 52.9. The highest BCUT2D eigenvalue weighted by Gasteiger charge is 2.28. The van der Waals surface area contributed by atoms with Gasteiger partial charge in [-0.2, -0.15) is 0 Å². The number of phosphoric acid groups is 1. The maximum Gasteiger partial charge on any atom is 0.472 e. The van der Waals surface area contributed by atoms with Gasteiger partial charge in [0.05, 0.1) is 19.3 Å². The molecule has 0 aliphatic rings. The van der Waals surface area contributed by atoms with Crippen molar-refractivity contribution in [1.82, 2.24) is 0 Å². The number of carboxylic acids is 1. The predicted molar refractivity (Wildman–Crippen MR) is 223 cm³/mol. The Morgan fingerprint density at radius 1 is 0.661 bits per heavy atom. The van der Waals surface area contributed by atoms with E-state index >= 15 is 0 Å². The normalized spacial score (nSPS) is 15.1. The minimum Gasteiger partial charge on any atom is -0.480 e. The van der Waals surface area contributed by atoms with E-state index in [2.05, 4.69) is 30.5 Å². The van der Waals surface area contributed by atoms with E-state index in [-0.39, 0.29) is 12.8 Å². The van der Waals surface area contributed by atoms with Crippen molar-refractivity contribution in [3.05, 3.63) is 72.9 Å². The van der Waals surface area contributed by atoms with E-state index in [1.165, 1.54) is 51.4 Å². The Labute approximate surface area is 336 Å². The lowest BCUT2D eigenvalue weighted by molar-refractivity contribution is -0.161. The summed E-state index contributed by atoms with van der Waals surface area (Å²) < 4.78 is 32.5. The predicted octanol–water partition coefficient (Wildman–Crippen LogP) is 9.53. The molecule has 0 spiro atoms. The molecule has 2 unspecified atom stereocenters. The van der Waals surface area contributed by atoms with Gasteiger partial charge in [-0.1, -0.05) is 157 Å². The van der Waals surface area contributed by atoms with Crippen molar-refractivity contribution >= 4 is 25.7 Å². The standard InChI is InChI=1S/C43H72NO11P/c1-3-5-7-9-11-12-13-14-18-21-25-29-33-41(46)52-35-39(36-53-56(50,51)54-37-40(44)43(48)49)55-42(47)34-30-26-22-19-16-15-17-20-24-28-32-38(45)31-27-23-10-8-6-4-2/h6,8,15-16,20,22-24,26-28,32,38-40,45H,3-5,7,9-14,17-19,21,25,29-31,33-37,44H2,1-2H3,(H,48,49)(H,50,51)/b8-6-,16-15-,24-20-,26-22-,27-23-,32-28+/t38?,39-,40+/m1/s1. The first-order chi connectivity index (χ1) is 27.0. The van der Waals surface area contributed by atoms with Crippen LogP contribution < -0.4 is 5.73 Å². The molecule has 12 nitrogen and oxygen atoms in total. The zero-order valence-electron chi connectivity index (χ0n) is 34.1. The molecule has 320 valence electrons. The lowest BCUT2D eigenvalue weighted by Crippen LogP contribution is -2.34. The molecule has 0 heterocycles. The Hall–Kier alpha value is -3.12. The van der Waals surface area contributed by atoms with E-state index in [0.717, 1.165) is 38.5 Å². The van der Waals surface area contributed by atoms with Gasteiger partial charge in [0.1, 0.15) is 12.6 Å². The van der Waals surface area contributed by atoms with Gasteiger partial charge in [-0.3, -0.25) is 23.4 Å². The summed E-state index contributed by atoms with van der Waals surface area (Å²) in [5.41, 5.74) is 5.31. The fourth-order valence-corrected chi connectivity index (χ4v) is 5.83. The van der Waals surface area contributed by atoms with E-state index in [1.807, 2.05) is 54.7 Å². The fourth-order valence-electron chi connectivity index (χ4n) is 5.06. The molecule has 0 amide bonds. The van der Waals surface area contributed by atoms with Crippen LogP contribution in [0, 0.1) is 0 Å². The molecule has 0 radical (unpaired) electrons. The van der Waals surface area contributed by atoms with E-state index in [9.17, 15) is 28.9 Å². The number of rotatable bonds is 37. The van der Waals surface area contributed by atoms with Gasteiger partial charge in [-0.05, 0) is 44.9 Å². The van der Waals surface area contributed by atoms with Gasteiger partial charge in [-0.25, -0.2) is 4.57 Å². The smallest absolute Gasteiger partial charge is 0.472 e. The molecule has 5 N–H and O–H groups in total. The summed E-state index contributed by atoms with van der Waals surface area (Å²) in [6.45, 7) is 2.51. The van der Waals surface area contributed by atoms with Crippen molar-refractivity contribution in [3.8, 4) is 0 Å². The third-order valence-electron chi connectivity index (χ3n) is 8.31. The van der Waals surface area contributed by atoms with Crippen molar-refractivity contribution in [2.24, 2.45) is 5.73 Å². The molecule has 56 heavy (non-hydrogen) atoms. The van der Waals surface area contributed by atoms with Crippen molar-refractivity contribution in [2.45, 2.75) is 161 Å². The molecule has 0 aromatic rings. The molecule has 0 saturated carbocycles. The number of carbonyl (C=O) groups excluding carboxylic acids is 2. The highest BCUT2D eigenvalue weighted by Crippen LogP contribution is 2.43. The quantitative estimate of drug-likeness (QED) is 0.0153. The first-order valence-electron chi connectivity index (χ1n) is 20.6. The van der Waals surface area contributed by atoms with Crippen LogP contribution >= 0.6 is 7.82 Å². The van der Waals surface area contributed by atoms with Crippen molar-refractivity contribution in [1.29, 1.82) is 0 Å². The van der Waals surface area contributed by atoms with E-state index in [4.69, 9.17) is 24.8 Å². The van der Waals surface area contributed by atoms with Crippen molar-refractivity contribution < 1.29 is 52.6 Å². The third-order valence-corrected chi connectivity index (χ3v) is 9.26. The molecule has 0 bridgehead atoms. The Morgan fingerprint density at radius 3 is 1.84 bits per heavy atom. The van der Waals surface area contributed by atoms with Gasteiger partial charge in [0.15, 0.2) is 6.10 Å². The van der Waals surface area contributed by atoms with Gasteiger partial charge in [0, 0.05) is 12.8 Å². The average molecular weight is 810 g/mol. The summed E-state index contributed by atoms with van der Waals surface area (Å²) in [7, 11) is -4.75. The fraction of sp³-hybridized carbons (Fsp3) is 0.651. The van der Waals surface area contributed by atoms with Crippen LogP contribution in [-0.2, 0) is 37.5 Å². The summed E-state index contributed by atoms with van der Waals surface area (Å²) >= 11 is 0. The van der Waals surface area contributed by atoms with Crippen LogP contribution in [0.1, 0.15) is 142 Å². The average Bonchev–Trinajstić information content (AvgIpc) is 3.17. The second-order valence-corrected chi connectivity index (χ2v) is 15.0. The molecule has 0 rings (SSSR count). The summed E-state index contributed by atoms with van der Waals surface area (Å²) in [6, 6.07) is -1.54. The Bertz CT molecular complexity index is 1240. The number of unbranched alkanes of at least 4 members (excludes halogenated alkanes) is 11. The summed E-state index contributed by atoms with van der Waals surface area (Å²) in [5.74, 6) is -2.53. The maximum absolute atomic E-state index is 12.6. The minimum absolute atomic E-state index is 0.0108. The van der Waals surface area contributed by atoms with Crippen molar-refractivity contribution in [2.75, 3.05) is 19.8 Å². The number of nitrogens with two attached hydrogens (primary N) is 1. The lowest BCUT2D eigenvalue weighted by atomic mass is 10.0. The zero-order chi connectivity index (χ0) is 41.5. The summed E-state index contributed by atoms with van der Waals surface area (Å²) in [5, 5.41) is 18.9. The van der Waals surface area contributed by atoms with Gasteiger partial charge < -0.3 is 30.3 Å². The number of allylic oxidation sites excluding steroid dienone is 10. The van der Waals surface area contributed by atoms with Crippen LogP contribution in [0.25, 0.3) is 0 Å². The number of phosphoric ester groups is 1. The number of aliphatic hydroxyl groups excluding tert-OH is 1. The molecule has 0 aromatic heterocycles. The van der Waals surface area contributed by atoms with Crippen LogP contribution in [-0.4, -0.2) is 71.1 Å². The number of hydrogen-bond acceptors (Lipinski definition) is 10. The SMILES string of the molecule is CC/C=C\C/C=C\CC(O)/C=C/C=C\C/C=C\C/C=C\CCC(=O)O[C@H](COC(=O)CCCCCCCCCCCCCC)COP(=O)(O)OC[C@H](N)C(=O)O. The largest absolute Gasteiger partial charge is 0.480 e. The maximum atomic E-state index is 12.6. The first-order valence-corrected chi connectivity index (χ1v) is 22.1. The number of aliphatic carboxylic acids is 1. The molecule has 0 fully saturated rings. The zero-order valence-corrected chi connectivity index (χ0v) is 35.0. The number of ether oxygens (including phenoxy) is 2. The van der Waals surface area contributed by atoms with Gasteiger partial charge in [0.25, 0.3) is 0 Å². The second-order valence-electron chi connectivity index (χ2n) is 13.6. The monoisotopic (exact) mass is 809 g/mol. The Morgan fingerprint density at radius 2 is 1.21 bits per heavy atom. The Kier molecular flexibility index (Phi) is 35.4. The molecule has 0 aliphatic carbocycles. The molecular weight excluding hydrogens is 737 g/mol. The number of esters is 2. The number of carbonyl (C=O) groups is 3. The van der Waals surface area contributed by atoms with E-state index < -0.39 is 63.8 Å². The topological polar surface area (TPSA) is 192 Å². The highest BCUT2D eigenvalue weighted by atomic mass is 31.2. The van der Waals surface area contributed by atoms with Crippen LogP contribution in [0.3, 0.4) is 0 Å². The third kappa shape index (κ3) is 36.5. The molecule has 13 heteroatoms. The number of carboxylic acid groups (broad SMARTS) is 1. The highest BCUT2D eigenvalue weighted by molar-refractivity contribution is 7.47. The summed E-state index contributed by atoms with van der Waals surface area (Å²) in [4.78, 5) is 45.8. The van der Waals surface area contributed by atoms with Crippen LogP contribution in [0.15, 0.2) is 72.9 Å². The molecule has 0 aromatic carbocycles. The molecule has 4 atom stereocenters. The minimum atomic E-state index is -4.75.